The van der Waals surface area contributed by atoms with Gasteiger partial charge in [-0.3, -0.25) is 9.69 Å². The fourth-order valence-corrected chi connectivity index (χ4v) is 3.76. The molecule has 6 heteroatoms. The molecule has 0 bridgehead atoms. The summed E-state index contributed by atoms with van der Waals surface area (Å²) in [4.78, 5) is 14.9. The summed E-state index contributed by atoms with van der Waals surface area (Å²) in [6.07, 6.45) is 4.11. The van der Waals surface area contributed by atoms with E-state index in [9.17, 15) is 4.79 Å². The number of anilines is 1. The van der Waals surface area contributed by atoms with E-state index in [1.807, 2.05) is 24.3 Å². The Morgan fingerprint density at radius 2 is 1.89 bits per heavy atom. The van der Waals surface area contributed by atoms with E-state index in [1.165, 1.54) is 11.3 Å². The lowest BCUT2D eigenvalue weighted by atomic mass is 10.1. The van der Waals surface area contributed by atoms with Crippen molar-refractivity contribution in [1.82, 2.24) is 10.2 Å². The lowest BCUT2D eigenvalue weighted by molar-refractivity contribution is 0.0985. The molecule has 0 N–H and O–H groups in total. The van der Waals surface area contributed by atoms with Crippen molar-refractivity contribution in [3.8, 4) is 16.3 Å². The van der Waals surface area contributed by atoms with E-state index < -0.39 is 0 Å². The first kappa shape index (κ1) is 18.4. The number of methoxy groups -OCH3 is 1. The molecule has 0 radical (unpaired) electrons. The molecule has 3 aromatic rings. The molecule has 0 atom stereocenters. The van der Waals surface area contributed by atoms with Gasteiger partial charge in [0.05, 0.1) is 7.11 Å². The van der Waals surface area contributed by atoms with Gasteiger partial charge in [0.1, 0.15) is 10.8 Å². The van der Waals surface area contributed by atoms with E-state index in [1.54, 1.807) is 42.4 Å². The summed E-state index contributed by atoms with van der Waals surface area (Å²) < 4.78 is 5.19. The Morgan fingerprint density at radius 3 is 2.50 bits per heavy atom. The van der Waals surface area contributed by atoms with Crippen LogP contribution in [-0.4, -0.2) is 29.8 Å². The smallest absolute Gasteiger partial charge is 0.260 e. The summed E-state index contributed by atoms with van der Waals surface area (Å²) >= 11 is 1.44. The van der Waals surface area contributed by atoms with Crippen molar-refractivity contribution in [1.29, 1.82) is 0 Å². The highest BCUT2D eigenvalue weighted by Crippen LogP contribution is 2.35. The van der Waals surface area contributed by atoms with Crippen molar-refractivity contribution < 1.29 is 9.53 Å². The normalized spacial score (nSPS) is 13.2. The molecule has 1 amide bonds. The minimum Gasteiger partial charge on any atom is -0.497 e. The van der Waals surface area contributed by atoms with E-state index in [-0.39, 0.29) is 5.91 Å². The monoisotopic (exact) mass is 391 g/mol. The Hall–Kier alpha value is -2.99. The first-order valence-corrected chi connectivity index (χ1v) is 10.0. The van der Waals surface area contributed by atoms with E-state index in [0.29, 0.717) is 23.2 Å². The summed E-state index contributed by atoms with van der Waals surface area (Å²) in [6, 6.07) is 15.2. The van der Waals surface area contributed by atoms with Gasteiger partial charge >= 0.3 is 0 Å². The van der Waals surface area contributed by atoms with Gasteiger partial charge in [0.25, 0.3) is 5.91 Å². The van der Waals surface area contributed by atoms with E-state index in [0.717, 1.165) is 34.7 Å². The first-order valence-electron chi connectivity index (χ1n) is 9.20. The zero-order valence-electron chi connectivity index (χ0n) is 15.7. The van der Waals surface area contributed by atoms with Crippen LogP contribution in [0.4, 0.5) is 5.13 Å². The second-order valence-corrected chi connectivity index (χ2v) is 7.76. The van der Waals surface area contributed by atoms with Gasteiger partial charge in [-0.05, 0) is 48.6 Å². The van der Waals surface area contributed by atoms with Crippen LogP contribution in [0.25, 0.3) is 16.6 Å². The van der Waals surface area contributed by atoms with Crippen molar-refractivity contribution in [3.63, 3.8) is 0 Å². The fourth-order valence-electron chi connectivity index (χ4n) is 2.90. The number of amides is 1. The second-order valence-electron chi connectivity index (χ2n) is 6.80. The Kier molecular flexibility index (Phi) is 5.21. The Labute approximate surface area is 168 Å². The van der Waals surface area contributed by atoms with E-state index in [2.05, 4.69) is 16.8 Å². The highest BCUT2D eigenvalue weighted by Gasteiger charge is 2.30. The van der Waals surface area contributed by atoms with E-state index in [4.69, 9.17) is 4.74 Å². The average Bonchev–Trinajstić information content (AvgIpc) is 3.45. The lowest BCUT2D eigenvalue weighted by Gasteiger charge is -2.19. The number of carbonyl (C=O) groups is 1. The average molecular weight is 391 g/mol. The largest absolute Gasteiger partial charge is 0.497 e. The van der Waals surface area contributed by atoms with Crippen LogP contribution in [0.2, 0.25) is 0 Å². The third-order valence-electron chi connectivity index (χ3n) is 4.76. The molecule has 1 aliphatic rings. The summed E-state index contributed by atoms with van der Waals surface area (Å²) in [5, 5.41) is 10.1. The van der Waals surface area contributed by atoms with Gasteiger partial charge in [-0.15, -0.1) is 10.2 Å². The Balaban J connectivity index is 1.60. The molecule has 1 aromatic heterocycles. The van der Waals surface area contributed by atoms with Gasteiger partial charge in [-0.1, -0.05) is 48.3 Å². The van der Waals surface area contributed by atoms with E-state index >= 15 is 0 Å². The number of rotatable bonds is 7. The van der Waals surface area contributed by atoms with Gasteiger partial charge in [-0.2, -0.15) is 0 Å². The fraction of sp³-hybridized carbons (Fsp3) is 0.227. The molecule has 1 heterocycles. The number of carbonyl (C=O) groups excluding carboxylic acids is 1. The van der Waals surface area contributed by atoms with Crippen LogP contribution in [0.5, 0.6) is 5.75 Å². The minimum absolute atomic E-state index is 0.0562. The highest BCUT2D eigenvalue weighted by atomic mass is 32.1. The maximum Gasteiger partial charge on any atom is 0.260 e. The summed E-state index contributed by atoms with van der Waals surface area (Å²) in [6.45, 7) is 4.45. The molecule has 142 valence electrons. The van der Waals surface area contributed by atoms with Crippen molar-refractivity contribution in [3.05, 3.63) is 66.2 Å². The summed E-state index contributed by atoms with van der Waals surface area (Å²) in [5.41, 5.74) is 2.66. The molecule has 28 heavy (non-hydrogen) atoms. The van der Waals surface area contributed by atoms with Crippen molar-refractivity contribution >= 4 is 28.5 Å². The molecule has 2 aromatic carbocycles. The highest BCUT2D eigenvalue weighted by molar-refractivity contribution is 7.18. The standard InChI is InChI=1S/C22H21N3O2S/c1-3-15-6-8-17(9-7-15)20-23-24-22(28-20)25(14-16-4-5-16)21(26)18-10-12-19(27-2)13-11-18/h3,6-13,16H,1,4-5,14H2,2H3. The zero-order chi connectivity index (χ0) is 19.5. The van der Waals surface area contributed by atoms with Gasteiger partial charge in [-0.25, -0.2) is 0 Å². The number of nitrogens with zero attached hydrogens (tertiary/aromatic N) is 3. The summed E-state index contributed by atoms with van der Waals surface area (Å²) in [5.74, 6) is 1.21. The molecule has 1 saturated carbocycles. The predicted octanol–water partition coefficient (Wildman–Crippen LogP) is 4.91. The van der Waals surface area contributed by atoms with Gasteiger partial charge < -0.3 is 4.74 Å². The van der Waals surface area contributed by atoms with Crippen LogP contribution in [0.1, 0.15) is 28.8 Å². The first-order chi connectivity index (χ1) is 13.7. The molecular formula is C22H21N3O2S. The number of aromatic nitrogens is 2. The van der Waals surface area contributed by atoms with Crippen molar-refractivity contribution in [2.75, 3.05) is 18.6 Å². The Morgan fingerprint density at radius 1 is 1.18 bits per heavy atom. The maximum atomic E-state index is 13.2. The quantitative estimate of drug-likeness (QED) is 0.574. The third kappa shape index (κ3) is 3.97. The molecule has 0 unspecified atom stereocenters. The molecule has 0 saturated heterocycles. The molecule has 4 rings (SSSR count). The third-order valence-corrected chi connectivity index (χ3v) is 5.75. The topological polar surface area (TPSA) is 55.3 Å². The predicted molar refractivity (Wildman–Crippen MR) is 113 cm³/mol. The number of ether oxygens (including phenoxy) is 1. The van der Waals surface area contributed by atoms with Crippen molar-refractivity contribution in [2.24, 2.45) is 5.92 Å². The minimum atomic E-state index is -0.0562. The number of hydrogen-bond donors (Lipinski definition) is 0. The van der Waals surface area contributed by atoms with Crippen LogP contribution in [0, 0.1) is 5.92 Å². The van der Waals surface area contributed by atoms with Gasteiger partial charge in [0.2, 0.25) is 5.13 Å². The number of hydrogen-bond acceptors (Lipinski definition) is 5. The van der Waals surface area contributed by atoms with Crippen LogP contribution in [0.3, 0.4) is 0 Å². The van der Waals surface area contributed by atoms with Gasteiger partial charge in [0.15, 0.2) is 0 Å². The lowest BCUT2D eigenvalue weighted by Crippen LogP contribution is -2.32. The molecule has 1 aliphatic carbocycles. The zero-order valence-corrected chi connectivity index (χ0v) is 16.5. The molecule has 0 aliphatic heterocycles. The molecule has 1 fully saturated rings. The van der Waals surface area contributed by atoms with Crippen LogP contribution >= 0.6 is 11.3 Å². The van der Waals surface area contributed by atoms with Crippen LogP contribution in [-0.2, 0) is 0 Å². The number of benzene rings is 2. The van der Waals surface area contributed by atoms with Crippen LogP contribution in [0.15, 0.2) is 55.1 Å². The Bertz CT molecular complexity index is 976. The van der Waals surface area contributed by atoms with Crippen molar-refractivity contribution in [2.45, 2.75) is 12.8 Å². The second kappa shape index (κ2) is 7.94. The SMILES string of the molecule is C=Cc1ccc(-c2nnc(N(CC3CC3)C(=O)c3ccc(OC)cc3)s2)cc1. The van der Waals surface area contributed by atoms with Gasteiger partial charge in [0, 0.05) is 17.7 Å². The summed E-state index contributed by atoms with van der Waals surface area (Å²) in [7, 11) is 1.61. The van der Waals surface area contributed by atoms with Crippen LogP contribution < -0.4 is 9.64 Å². The molecular weight excluding hydrogens is 370 g/mol. The maximum absolute atomic E-state index is 13.2. The molecule has 5 nitrogen and oxygen atoms in total. The molecule has 0 spiro atoms.